The number of ether oxygens (including phenoxy) is 1. The van der Waals surface area contributed by atoms with Crippen LogP contribution in [0.15, 0.2) is 18.3 Å². The van der Waals surface area contributed by atoms with Crippen molar-refractivity contribution in [3.05, 3.63) is 29.6 Å². The highest BCUT2D eigenvalue weighted by Crippen LogP contribution is 2.28. The number of likely N-dealkylation sites (tertiary alicyclic amines) is 1. The predicted molar refractivity (Wildman–Crippen MR) is 81.8 cm³/mol. The quantitative estimate of drug-likeness (QED) is 0.909. The zero-order valence-electron chi connectivity index (χ0n) is 13.3. The first kappa shape index (κ1) is 15.8. The number of hydrogen-bond donors (Lipinski definition) is 1. The molecule has 1 aliphatic rings. The van der Waals surface area contributed by atoms with Crippen molar-refractivity contribution in [2.75, 3.05) is 13.1 Å². The highest BCUT2D eigenvalue weighted by atomic mass is 16.6. The third kappa shape index (κ3) is 4.17. The SMILES string of the molecule is Cc1ccc(C(N)C2CCN(C(=O)OC(C)(C)C)C2)nc1. The normalized spacial score (nSPS) is 20.4. The van der Waals surface area contributed by atoms with Gasteiger partial charge in [-0.05, 0) is 51.7 Å². The van der Waals surface area contributed by atoms with Gasteiger partial charge in [0, 0.05) is 19.3 Å². The summed E-state index contributed by atoms with van der Waals surface area (Å²) in [5.41, 5.74) is 7.84. The van der Waals surface area contributed by atoms with Gasteiger partial charge >= 0.3 is 6.09 Å². The molecule has 2 N–H and O–H groups in total. The van der Waals surface area contributed by atoms with Gasteiger partial charge in [0.25, 0.3) is 0 Å². The molecule has 5 heteroatoms. The van der Waals surface area contributed by atoms with Crippen molar-refractivity contribution >= 4 is 6.09 Å². The predicted octanol–water partition coefficient (Wildman–Crippen LogP) is 2.65. The van der Waals surface area contributed by atoms with Gasteiger partial charge in [-0.25, -0.2) is 4.79 Å². The van der Waals surface area contributed by atoms with E-state index in [2.05, 4.69) is 4.98 Å². The first-order chi connectivity index (χ1) is 9.76. The first-order valence-electron chi connectivity index (χ1n) is 7.42. The maximum Gasteiger partial charge on any atom is 0.410 e. The summed E-state index contributed by atoms with van der Waals surface area (Å²) in [6, 6.07) is 3.84. The summed E-state index contributed by atoms with van der Waals surface area (Å²) in [6.45, 7) is 8.95. The van der Waals surface area contributed by atoms with Crippen molar-refractivity contribution < 1.29 is 9.53 Å². The molecule has 0 radical (unpaired) electrons. The maximum atomic E-state index is 12.1. The molecule has 0 aromatic carbocycles. The van der Waals surface area contributed by atoms with E-state index in [4.69, 9.17) is 10.5 Å². The zero-order valence-corrected chi connectivity index (χ0v) is 13.3. The number of carbonyl (C=O) groups is 1. The van der Waals surface area contributed by atoms with Gasteiger partial charge in [-0.15, -0.1) is 0 Å². The molecule has 0 bridgehead atoms. The lowest BCUT2D eigenvalue weighted by Gasteiger charge is -2.25. The molecule has 1 saturated heterocycles. The third-order valence-corrected chi connectivity index (χ3v) is 3.66. The van der Waals surface area contributed by atoms with Gasteiger partial charge in [0.2, 0.25) is 0 Å². The van der Waals surface area contributed by atoms with Crippen LogP contribution >= 0.6 is 0 Å². The van der Waals surface area contributed by atoms with Crippen LogP contribution in [0.3, 0.4) is 0 Å². The molecule has 2 atom stereocenters. The summed E-state index contributed by atoms with van der Waals surface area (Å²) >= 11 is 0. The molecule has 0 saturated carbocycles. The summed E-state index contributed by atoms with van der Waals surface area (Å²) in [6.07, 6.45) is 2.46. The van der Waals surface area contributed by atoms with Gasteiger partial charge in [-0.2, -0.15) is 0 Å². The van der Waals surface area contributed by atoms with Crippen LogP contribution in [0.2, 0.25) is 0 Å². The van der Waals surface area contributed by atoms with Crippen molar-refractivity contribution in [1.82, 2.24) is 9.88 Å². The zero-order chi connectivity index (χ0) is 15.6. The van der Waals surface area contributed by atoms with Gasteiger partial charge in [0.15, 0.2) is 0 Å². The van der Waals surface area contributed by atoms with E-state index in [9.17, 15) is 4.79 Å². The van der Waals surface area contributed by atoms with Crippen molar-refractivity contribution in [3.63, 3.8) is 0 Å². The molecule has 5 nitrogen and oxygen atoms in total. The minimum atomic E-state index is -0.463. The lowest BCUT2D eigenvalue weighted by molar-refractivity contribution is 0.0286. The van der Waals surface area contributed by atoms with Crippen molar-refractivity contribution in [2.24, 2.45) is 11.7 Å². The number of pyridine rings is 1. The lowest BCUT2D eigenvalue weighted by Crippen LogP contribution is -2.36. The van der Waals surface area contributed by atoms with Crippen LogP contribution in [0.25, 0.3) is 0 Å². The van der Waals surface area contributed by atoms with E-state index >= 15 is 0 Å². The van der Waals surface area contributed by atoms with E-state index in [-0.39, 0.29) is 18.1 Å². The number of nitrogens with two attached hydrogens (primary N) is 1. The van der Waals surface area contributed by atoms with Crippen LogP contribution < -0.4 is 5.73 Å². The average molecular weight is 291 g/mol. The minimum absolute atomic E-state index is 0.141. The second-order valence-corrected chi connectivity index (χ2v) is 6.76. The molecule has 0 spiro atoms. The molecule has 1 aromatic rings. The largest absolute Gasteiger partial charge is 0.444 e. The van der Waals surface area contributed by atoms with Crippen molar-refractivity contribution in [1.29, 1.82) is 0 Å². The van der Waals surface area contributed by atoms with Crippen LogP contribution in [0.5, 0.6) is 0 Å². The standard InChI is InChI=1S/C16H25N3O2/c1-11-5-6-13(18-9-11)14(17)12-7-8-19(10-12)15(20)21-16(2,3)4/h5-6,9,12,14H,7-8,10,17H2,1-4H3. The number of aryl methyl sites for hydroxylation is 1. The minimum Gasteiger partial charge on any atom is -0.444 e. The Hall–Kier alpha value is -1.62. The number of carbonyl (C=O) groups excluding carboxylic acids is 1. The van der Waals surface area contributed by atoms with Crippen LogP contribution in [0.1, 0.15) is 44.5 Å². The Kier molecular flexibility index (Phi) is 4.52. The number of hydrogen-bond acceptors (Lipinski definition) is 4. The van der Waals surface area contributed by atoms with Crippen LogP contribution in [0.4, 0.5) is 4.79 Å². The van der Waals surface area contributed by atoms with Crippen LogP contribution in [0, 0.1) is 12.8 Å². The van der Waals surface area contributed by atoms with Gasteiger partial charge in [-0.1, -0.05) is 6.07 Å². The Morgan fingerprint density at radius 2 is 2.19 bits per heavy atom. The van der Waals surface area contributed by atoms with Crippen LogP contribution in [-0.2, 0) is 4.74 Å². The highest BCUT2D eigenvalue weighted by molar-refractivity contribution is 5.68. The Morgan fingerprint density at radius 1 is 1.48 bits per heavy atom. The number of rotatable bonds is 2. The monoisotopic (exact) mass is 291 g/mol. The van der Waals surface area contributed by atoms with Crippen molar-refractivity contribution in [2.45, 2.75) is 45.8 Å². The molecular formula is C16H25N3O2. The third-order valence-electron chi connectivity index (χ3n) is 3.66. The summed E-state index contributed by atoms with van der Waals surface area (Å²) in [5.74, 6) is 0.229. The van der Waals surface area contributed by atoms with E-state index in [0.29, 0.717) is 13.1 Å². The molecule has 116 valence electrons. The molecule has 1 aromatic heterocycles. The molecule has 2 unspecified atom stereocenters. The molecule has 2 heterocycles. The van der Waals surface area contributed by atoms with Gasteiger partial charge < -0.3 is 15.4 Å². The van der Waals surface area contributed by atoms with E-state index in [1.165, 1.54) is 0 Å². The maximum absolute atomic E-state index is 12.1. The molecule has 1 amide bonds. The van der Waals surface area contributed by atoms with E-state index < -0.39 is 5.60 Å². The van der Waals surface area contributed by atoms with Gasteiger partial charge in [0.05, 0.1) is 11.7 Å². The number of nitrogens with zero attached hydrogens (tertiary/aromatic N) is 2. The molecule has 2 rings (SSSR count). The summed E-state index contributed by atoms with van der Waals surface area (Å²) in [5, 5.41) is 0. The second-order valence-electron chi connectivity index (χ2n) is 6.76. The fraction of sp³-hybridized carbons (Fsp3) is 0.625. The Labute approximate surface area is 126 Å². The fourth-order valence-corrected chi connectivity index (χ4v) is 2.49. The highest BCUT2D eigenvalue weighted by Gasteiger charge is 2.33. The number of amides is 1. The van der Waals surface area contributed by atoms with Crippen molar-refractivity contribution in [3.8, 4) is 0 Å². The summed E-state index contributed by atoms with van der Waals surface area (Å²) in [4.78, 5) is 18.2. The average Bonchev–Trinajstić information content (AvgIpc) is 2.86. The fourth-order valence-electron chi connectivity index (χ4n) is 2.49. The molecule has 21 heavy (non-hydrogen) atoms. The Balaban J connectivity index is 1.95. The van der Waals surface area contributed by atoms with E-state index in [0.717, 1.165) is 17.7 Å². The Morgan fingerprint density at radius 3 is 2.76 bits per heavy atom. The molecule has 1 aliphatic heterocycles. The molecule has 1 fully saturated rings. The second kappa shape index (κ2) is 6.02. The van der Waals surface area contributed by atoms with E-state index in [1.807, 2.05) is 46.0 Å². The lowest BCUT2D eigenvalue weighted by atomic mass is 9.96. The topological polar surface area (TPSA) is 68.5 Å². The Bertz CT molecular complexity index is 493. The number of aromatic nitrogens is 1. The van der Waals surface area contributed by atoms with Gasteiger partial charge in [-0.3, -0.25) is 4.98 Å². The van der Waals surface area contributed by atoms with Crippen LogP contribution in [-0.4, -0.2) is 34.7 Å². The smallest absolute Gasteiger partial charge is 0.410 e. The van der Waals surface area contributed by atoms with E-state index in [1.54, 1.807) is 4.90 Å². The molecule has 0 aliphatic carbocycles. The summed E-state index contributed by atoms with van der Waals surface area (Å²) in [7, 11) is 0. The molecular weight excluding hydrogens is 266 g/mol. The summed E-state index contributed by atoms with van der Waals surface area (Å²) < 4.78 is 5.40. The first-order valence-corrected chi connectivity index (χ1v) is 7.42. The van der Waals surface area contributed by atoms with Gasteiger partial charge in [0.1, 0.15) is 5.60 Å².